The number of hydrogen-bond acceptors (Lipinski definition) is 2. The second kappa shape index (κ2) is 3.15. The van der Waals surface area contributed by atoms with Gasteiger partial charge in [-0.1, -0.05) is 6.92 Å². The number of ketones is 1. The lowest BCUT2D eigenvalue weighted by Gasteiger charge is -2.26. The Morgan fingerprint density at radius 1 is 1.70 bits per heavy atom. The summed E-state index contributed by atoms with van der Waals surface area (Å²) in [6.07, 6.45) is 2.54. The van der Waals surface area contributed by atoms with Crippen molar-refractivity contribution >= 4 is 5.78 Å². The van der Waals surface area contributed by atoms with Crippen LogP contribution in [-0.2, 0) is 4.79 Å². The lowest BCUT2D eigenvalue weighted by molar-refractivity contribution is -0.122. The first-order valence-corrected chi connectivity index (χ1v) is 3.95. The van der Waals surface area contributed by atoms with E-state index in [4.69, 9.17) is 5.73 Å². The molecule has 0 radical (unpaired) electrons. The molecule has 2 atom stereocenters. The summed E-state index contributed by atoms with van der Waals surface area (Å²) in [5.74, 6) is 1.51. The van der Waals surface area contributed by atoms with Crippen molar-refractivity contribution in [3.63, 3.8) is 0 Å². The maximum Gasteiger partial charge on any atom is 0.133 e. The van der Waals surface area contributed by atoms with Gasteiger partial charge in [0.2, 0.25) is 0 Å². The van der Waals surface area contributed by atoms with Gasteiger partial charge in [0.25, 0.3) is 0 Å². The standard InChI is InChI=1S/C8H15NO/c1-6-2-3-8(10)4-7(6)5-9/h6-7H,2-5,9H2,1H3. The van der Waals surface area contributed by atoms with Crippen molar-refractivity contribution in [2.75, 3.05) is 6.54 Å². The summed E-state index contributed by atoms with van der Waals surface area (Å²) in [5, 5.41) is 0. The molecular weight excluding hydrogens is 126 g/mol. The second-order valence-electron chi connectivity index (χ2n) is 3.25. The maximum atomic E-state index is 10.9. The normalized spacial score (nSPS) is 34.4. The molecule has 0 spiro atoms. The summed E-state index contributed by atoms with van der Waals surface area (Å²) in [7, 11) is 0. The molecule has 0 aromatic heterocycles. The quantitative estimate of drug-likeness (QED) is 0.590. The number of nitrogens with two attached hydrogens (primary N) is 1. The minimum Gasteiger partial charge on any atom is -0.330 e. The zero-order chi connectivity index (χ0) is 7.56. The summed E-state index contributed by atoms with van der Waals surface area (Å²) in [6.45, 7) is 2.86. The fourth-order valence-electron chi connectivity index (χ4n) is 1.54. The van der Waals surface area contributed by atoms with Crippen LogP contribution in [0.3, 0.4) is 0 Å². The van der Waals surface area contributed by atoms with Crippen LogP contribution in [0.4, 0.5) is 0 Å². The molecule has 2 N–H and O–H groups in total. The van der Waals surface area contributed by atoms with Gasteiger partial charge in [0.15, 0.2) is 0 Å². The van der Waals surface area contributed by atoms with Gasteiger partial charge in [-0.05, 0) is 24.8 Å². The van der Waals surface area contributed by atoms with E-state index in [1.165, 1.54) is 0 Å². The summed E-state index contributed by atoms with van der Waals surface area (Å²) in [5.41, 5.74) is 5.50. The minimum absolute atomic E-state index is 0.397. The Labute approximate surface area is 61.8 Å². The zero-order valence-corrected chi connectivity index (χ0v) is 6.47. The van der Waals surface area contributed by atoms with Crippen LogP contribution in [0.15, 0.2) is 0 Å². The number of Topliss-reactive ketones (excluding diaryl/α,β-unsaturated/α-hetero) is 1. The molecule has 0 aromatic rings. The lowest BCUT2D eigenvalue weighted by atomic mass is 9.80. The van der Waals surface area contributed by atoms with E-state index in [0.29, 0.717) is 24.2 Å². The number of rotatable bonds is 1. The van der Waals surface area contributed by atoms with Crippen LogP contribution in [0.5, 0.6) is 0 Å². The fraction of sp³-hybridized carbons (Fsp3) is 0.875. The van der Waals surface area contributed by atoms with E-state index in [9.17, 15) is 4.79 Å². The van der Waals surface area contributed by atoms with Crippen molar-refractivity contribution in [2.45, 2.75) is 26.2 Å². The van der Waals surface area contributed by atoms with Crippen LogP contribution in [0.2, 0.25) is 0 Å². The Bertz CT molecular complexity index is 133. The van der Waals surface area contributed by atoms with Crippen LogP contribution < -0.4 is 5.73 Å². The van der Waals surface area contributed by atoms with E-state index in [1.54, 1.807) is 0 Å². The average molecular weight is 141 g/mol. The molecule has 10 heavy (non-hydrogen) atoms. The predicted octanol–water partition coefficient (Wildman–Crippen LogP) is 0.950. The molecule has 1 fully saturated rings. The topological polar surface area (TPSA) is 43.1 Å². The molecule has 0 saturated heterocycles. The molecule has 2 heteroatoms. The van der Waals surface area contributed by atoms with E-state index in [0.717, 1.165) is 19.3 Å². The van der Waals surface area contributed by atoms with Gasteiger partial charge in [0.05, 0.1) is 0 Å². The second-order valence-corrected chi connectivity index (χ2v) is 3.25. The highest BCUT2D eigenvalue weighted by molar-refractivity contribution is 5.79. The van der Waals surface area contributed by atoms with E-state index in [2.05, 4.69) is 6.92 Å². The van der Waals surface area contributed by atoms with Crippen molar-refractivity contribution in [3.8, 4) is 0 Å². The molecule has 0 aliphatic heterocycles. The largest absolute Gasteiger partial charge is 0.330 e. The van der Waals surface area contributed by atoms with Crippen molar-refractivity contribution in [2.24, 2.45) is 17.6 Å². The van der Waals surface area contributed by atoms with Crippen molar-refractivity contribution in [3.05, 3.63) is 0 Å². The smallest absolute Gasteiger partial charge is 0.133 e. The molecule has 1 aliphatic rings. The molecule has 0 amide bonds. The lowest BCUT2D eigenvalue weighted by Crippen LogP contribution is -2.28. The van der Waals surface area contributed by atoms with Crippen LogP contribution >= 0.6 is 0 Å². The molecule has 0 heterocycles. The van der Waals surface area contributed by atoms with E-state index in [-0.39, 0.29) is 0 Å². The maximum absolute atomic E-state index is 10.9. The minimum atomic E-state index is 0.397. The molecule has 0 aromatic carbocycles. The van der Waals surface area contributed by atoms with E-state index in [1.807, 2.05) is 0 Å². The third kappa shape index (κ3) is 1.57. The van der Waals surface area contributed by atoms with Crippen molar-refractivity contribution in [1.82, 2.24) is 0 Å². The third-order valence-electron chi connectivity index (χ3n) is 2.48. The van der Waals surface area contributed by atoms with E-state index >= 15 is 0 Å². The molecule has 1 saturated carbocycles. The van der Waals surface area contributed by atoms with Gasteiger partial charge in [0, 0.05) is 12.8 Å². The molecule has 2 unspecified atom stereocenters. The molecule has 58 valence electrons. The molecule has 1 rings (SSSR count). The monoisotopic (exact) mass is 141 g/mol. The molecule has 0 bridgehead atoms. The summed E-state index contributed by atoms with van der Waals surface area (Å²) in [6, 6.07) is 0. The van der Waals surface area contributed by atoms with Gasteiger partial charge >= 0.3 is 0 Å². The summed E-state index contributed by atoms with van der Waals surface area (Å²) < 4.78 is 0. The Balaban J connectivity index is 2.45. The highest BCUT2D eigenvalue weighted by Gasteiger charge is 2.24. The molecule has 2 nitrogen and oxygen atoms in total. The molecule has 1 aliphatic carbocycles. The molecular formula is C8H15NO. The highest BCUT2D eigenvalue weighted by Crippen LogP contribution is 2.26. The van der Waals surface area contributed by atoms with Crippen molar-refractivity contribution in [1.29, 1.82) is 0 Å². The first-order valence-electron chi connectivity index (χ1n) is 3.95. The Morgan fingerprint density at radius 3 is 2.90 bits per heavy atom. The van der Waals surface area contributed by atoms with Crippen LogP contribution in [0.25, 0.3) is 0 Å². The van der Waals surface area contributed by atoms with Gasteiger partial charge in [-0.15, -0.1) is 0 Å². The number of carbonyl (C=O) groups excluding carboxylic acids is 1. The zero-order valence-electron chi connectivity index (χ0n) is 6.47. The summed E-state index contributed by atoms with van der Waals surface area (Å²) in [4.78, 5) is 10.9. The first kappa shape index (κ1) is 7.73. The first-order chi connectivity index (χ1) is 4.74. The van der Waals surface area contributed by atoms with Gasteiger partial charge in [-0.3, -0.25) is 4.79 Å². The average Bonchev–Trinajstić information content (AvgIpc) is 1.94. The van der Waals surface area contributed by atoms with Gasteiger partial charge in [-0.2, -0.15) is 0 Å². The van der Waals surface area contributed by atoms with Crippen molar-refractivity contribution < 1.29 is 4.79 Å². The Hall–Kier alpha value is -0.370. The van der Waals surface area contributed by atoms with Gasteiger partial charge in [0.1, 0.15) is 5.78 Å². The van der Waals surface area contributed by atoms with Crippen LogP contribution in [0.1, 0.15) is 26.2 Å². The van der Waals surface area contributed by atoms with Crippen LogP contribution in [0, 0.1) is 11.8 Å². The Kier molecular flexibility index (Phi) is 2.44. The predicted molar refractivity (Wildman–Crippen MR) is 40.6 cm³/mol. The highest BCUT2D eigenvalue weighted by atomic mass is 16.1. The van der Waals surface area contributed by atoms with Gasteiger partial charge < -0.3 is 5.73 Å². The fourth-order valence-corrected chi connectivity index (χ4v) is 1.54. The van der Waals surface area contributed by atoms with Crippen LogP contribution in [-0.4, -0.2) is 12.3 Å². The number of hydrogen-bond donors (Lipinski definition) is 1. The summed E-state index contributed by atoms with van der Waals surface area (Å²) >= 11 is 0. The van der Waals surface area contributed by atoms with Gasteiger partial charge in [-0.25, -0.2) is 0 Å². The van der Waals surface area contributed by atoms with E-state index < -0.39 is 0 Å². The Morgan fingerprint density at radius 2 is 2.40 bits per heavy atom. The SMILES string of the molecule is CC1CCC(=O)CC1CN. The number of carbonyl (C=O) groups is 1. The third-order valence-corrected chi connectivity index (χ3v) is 2.48.